The highest BCUT2D eigenvalue weighted by Crippen LogP contribution is 2.17. The minimum Gasteiger partial charge on any atom is -0.359 e. The zero-order valence-electron chi connectivity index (χ0n) is 12.2. The molecule has 3 heterocycles. The maximum absolute atomic E-state index is 5.84. The van der Waals surface area contributed by atoms with E-state index in [2.05, 4.69) is 20.1 Å². The van der Waals surface area contributed by atoms with Gasteiger partial charge >= 0.3 is 0 Å². The predicted octanol–water partition coefficient (Wildman–Crippen LogP) is 2.72. The van der Waals surface area contributed by atoms with E-state index in [9.17, 15) is 0 Å². The molecule has 0 fully saturated rings. The van der Waals surface area contributed by atoms with Gasteiger partial charge in [-0.25, -0.2) is 0 Å². The second-order valence-corrected chi connectivity index (χ2v) is 5.49. The quantitative estimate of drug-likeness (QED) is 0.699. The van der Waals surface area contributed by atoms with Crippen molar-refractivity contribution >= 4 is 11.6 Å². The van der Waals surface area contributed by atoms with Crippen molar-refractivity contribution in [2.75, 3.05) is 13.6 Å². The number of hydrogen-bond donors (Lipinski definition) is 0. The minimum absolute atomic E-state index is 0.651. The summed E-state index contributed by atoms with van der Waals surface area (Å²) in [6.45, 7) is 2.27. The Balaban J connectivity index is 1.55. The van der Waals surface area contributed by atoms with Gasteiger partial charge in [-0.05, 0) is 19.2 Å². The third-order valence-corrected chi connectivity index (χ3v) is 3.42. The van der Waals surface area contributed by atoms with Crippen molar-refractivity contribution in [2.24, 2.45) is 0 Å². The molecule has 0 aliphatic carbocycles. The molecule has 3 rings (SSSR count). The van der Waals surface area contributed by atoms with E-state index in [1.165, 1.54) is 0 Å². The zero-order valence-corrected chi connectivity index (χ0v) is 12.9. The van der Waals surface area contributed by atoms with Gasteiger partial charge in [-0.1, -0.05) is 22.8 Å². The predicted molar refractivity (Wildman–Crippen MR) is 83.3 cm³/mol. The van der Waals surface area contributed by atoms with Crippen LogP contribution in [0, 0.1) is 0 Å². The molecule has 0 atom stereocenters. The number of rotatable bonds is 6. The van der Waals surface area contributed by atoms with Crippen LogP contribution in [0.25, 0.3) is 11.4 Å². The molecule has 0 radical (unpaired) electrons. The Labute approximate surface area is 133 Å². The highest BCUT2D eigenvalue weighted by molar-refractivity contribution is 6.30. The Morgan fingerprint density at radius 2 is 2.23 bits per heavy atom. The van der Waals surface area contributed by atoms with Crippen LogP contribution in [0.1, 0.15) is 5.76 Å². The monoisotopic (exact) mass is 317 g/mol. The maximum Gasteiger partial charge on any atom is 0.151 e. The van der Waals surface area contributed by atoms with Crippen molar-refractivity contribution in [1.82, 2.24) is 24.8 Å². The Morgan fingerprint density at radius 3 is 2.95 bits per heavy atom. The molecule has 0 saturated heterocycles. The molecule has 0 unspecified atom stereocenters. The maximum atomic E-state index is 5.84. The molecule has 0 spiro atoms. The van der Waals surface area contributed by atoms with Gasteiger partial charge in [0.25, 0.3) is 0 Å². The first kappa shape index (κ1) is 14.7. The fourth-order valence-electron chi connectivity index (χ4n) is 2.10. The molecule has 6 nitrogen and oxygen atoms in total. The fourth-order valence-corrected chi connectivity index (χ4v) is 2.26. The van der Waals surface area contributed by atoms with Crippen LogP contribution in [0.3, 0.4) is 0 Å². The van der Waals surface area contributed by atoms with E-state index in [1.807, 2.05) is 42.2 Å². The lowest BCUT2D eigenvalue weighted by atomic mass is 10.2. The molecule has 0 amide bonds. The lowest BCUT2D eigenvalue weighted by molar-refractivity contribution is 0.261. The van der Waals surface area contributed by atoms with E-state index >= 15 is 0 Å². The average molecular weight is 318 g/mol. The molecule has 3 aromatic rings. The van der Waals surface area contributed by atoms with Crippen LogP contribution in [0.15, 0.2) is 47.4 Å². The number of pyridine rings is 1. The molecule has 114 valence electrons. The molecular weight excluding hydrogens is 302 g/mol. The largest absolute Gasteiger partial charge is 0.359 e. The molecule has 0 aliphatic heterocycles. The van der Waals surface area contributed by atoms with E-state index in [-0.39, 0.29) is 0 Å². The van der Waals surface area contributed by atoms with Gasteiger partial charge < -0.3 is 4.52 Å². The molecule has 0 aliphatic rings. The summed E-state index contributed by atoms with van der Waals surface area (Å²) >= 11 is 5.84. The molecule has 0 aromatic carbocycles. The number of aromatic nitrogens is 4. The van der Waals surface area contributed by atoms with Gasteiger partial charge in [-0.3, -0.25) is 14.6 Å². The summed E-state index contributed by atoms with van der Waals surface area (Å²) < 4.78 is 7.19. The minimum atomic E-state index is 0.651. The van der Waals surface area contributed by atoms with Crippen molar-refractivity contribution in [3.63, 3.8) is 0 Å². The zero-order chi connectivity index (χ0) is 15.4. The average Bonchev–Trinajstić information content (AvgIpc) is 3.15. The molecule has 0 bridgehead atoms. The third-order valence-electron chi connectivity index (χ3n) is 3.22. The summed E-state index contributed by atoms with van der Waals surface area (Å²) in [7, 11) is 2.02. The van der Waals surface area contributed by atoms with Crippen LogP contribution < -0.4 is 0 Å². The number of nitrogens with zero attached hydrogens (tertiary/aromatic N) is 5. The van der Waals surface area contributed by atoms with Crippen molar-refractivity contribution in [3.05, 3.63) is 53.6 Å². The van der Waals surface area contributed by atoms with Gasteiger partial charge in [0.2, 0.25) is 0 Å². The number of likely N-dealkylation sites (N-methyl/N-ethyl adjacent to an activating group) is 1. The molecule has 7 heteroatoms. The van der Waals surface area contributed by atoms with E-state index in [1.54, 1.807) is 12.4 Å². The summed E-state index contributed by atoms with van der Waals surface area (Å²) in [4.78, 5) is 6.40. The van der Waals surface area contributed by atoms with Crippen LogP contribution in [-0.2, 0) is 13.1 Å². The van der Waals surface area contributed by atoms with Gasteiger partial charge in [0.15, 0.2) is 5.76 Å². The van der Waals surface area contributed by atoms with Crippen molar-refractivity contribution in [1.29, 1.82) is 0 Å². The van der Waals surface area contributed by atoms with Gasteiger partial charge in [-0.15, -0.1) is 0 Å². The van der Waals surface area contributed by atoms with Gasteiger partial charge in [-0.2, -0.15) is 5.10 Å². The highest BCUT2D eigenvalue weighted by atomic mass is 35.5. The SMILES string of the molecule is CN(CCn1cc(Cl)cn1)Cc1cc(-c2ccccn2)no1. The van der Waals surface area contributed by atoms with Crippen LogP contribution in [-0.4, -0.2) is 38.4 Å². The molecule has 0 saturated carbocycles. The highest BCUT2D eigenvalue weighted by Gasteiger charge is 2.09. The van der Waals surface area contributed by atoms with E-state index in [0.717, 1.165) is 30.2 Å². The van der Waals surface area contributed by atoms with Crippen LogP contribution >= 0.6 is 11.6 Å². The summed E-state index contributed by atoms with van der Waals surface area (Å²) in [6, 6.07) is 7.63. The number of hydrogen-bond acceptors (Lipinski definition) is 5. The standard InChI is InChI=1S/C15H16ClN5O/c1-20(6-7-21-10-12(16)9-18-21)11-13-8-15(19-22-13)14-4-2-3-5-17-14/h2-5,8-10H,6-7,11H2,1H3. The lowest BCUT2D eigenvalue weighted by Crippen LogP contribution is -2.22. The van der Waals surface area contributed by atoms with Crippen LogP contribution in [0.4, 0.5) is 0 Å². The smallest absolute Gasteiger partial charge is 0.151 e. The fraction of sp³-hybridized carbons (Fsp3) is 0.267. The topological polar surface area (TPSA) is 60.0 Å². The summed E-state index contributed by atoms with van der Waals surface area (Å²) in [5, 5.41) is 8.87. The summed E-state index contributed by atoms with van der Waals surface area (Å²) in [5.41, 5.74) is 1.56. The van der Waals surface area contributed by atoms with Crippen molar-refractivity contribution in [2.45, 2.75) is 13.1 Å². The van der Waals surface area contributed by atoms with Crippen LogP contribution in [0.5, 0.6) is 0 Å². The van der Waals surface area contributed by atoms with E-state index in [0.29, 0.717) is 11.6 Å². The second kappa shape index (κ2) is 6.72. The Morgan fingerprint density at radius 1 is 1.32 bits per heavy atom. The van der Waals surface area contributed by atoms with Gasteiger partial charge in [0.05, 0.1) is 30.0 Å². The van der Waals surface area contributed by atoms with Crippen LogP contribution in [0.2, 0.25) is 5.02 Å². The van der Waals surface area contributed by atoms with Crippen molar-refractivity contribution in [3.8, 4) is 11.4 Å². The second-order valence-electron chi connectivity index (χ2n) is 5.05. The first-order valence-corrected chi connectivity index (χ1v) is 7.32. The Bertz CT molecular complexity index is 724. The summed E-state index contributed by atoms with van der Waals surface area (Å²) in [5.74, 6) is 0.807. The first-order valence-electron chi connectivity index (χ1n) is 6.94. The molecular formula is C15H16ClN5O. The van der Waals surface area contributed by atoms with E-state index in [4.69, 9.17) is 16.1 Å². The van der Waals surface area contributed by atoms with Gasteiger partial charge in [0, 0.05) is 25.0 Å². The Kier molecular flexibility index (Phi) is 4.50. The third kappa shape index (κ3) is 3.72. The van der Waals surface area contributed by atoms with Crippen molar-refractivity contribution < 1.29 is 4.52 Å². The lowest BCUT2D eigenvalue weighted by Gasteiger charge is -2.14. The molecule has 22 heavy (non-hydrogen) atoms. The normalized spacial score (nSPS) is 11.2. The molecule has 0 N–H and O–H groups in total. The van der Waals surface area contributed by atoms with Gasteiger partial charge in [0.1, 0.15) is 5.69 Å². The van der Waals surface area contributed by atoms with E-state index < -0.39 is 0 Å². The molecule has 3 aromatic heterocycles. The first-order chi connectivity index (χ1) is 10.7. The Hall–Kier alpha value is -2.18. The summed E-state index contributed by atoms with van der Waals surface area (Å²) in [6.07, 6.45) is 5.19. The number of halogens is 1.